The fourth-order valence-corrected chi connectivity index (χ4v) is 3.21. The van der Waals surface area contributed by atoms with Gasteiger partial charge in [0.1, 0.15) is 5.82 Å². The van der Waals surface area contributed by atoms with Crippen molar-refractivity contribution in [2.24, 2.45) is 0 Å². The minimum absolute atomic E-state index is 0.0943. The molecule has 0 saturated carbocycles. The zero-order chi connectivity index (χ0) is 12.9. The number of aliphatic hydroxyl groups is 1. The van der Waals surface area contributed by atoms with Crippen molar-refractivity contribution in [3.05, 3.63) is 35.0 Å². The lowest BCUT2D eigenvalue weighted by Crippen LogP contribution is -2.61. The first-order chi connectivity index (χ1) is 8.44. The van der Waals surface area contributed by atoms with Gasteiger partial charge in [0.05, 0.1) is 23.6 Å². The highest BCUT2D eigenvalue weighted by atomic mass is 32.1. The molecule has 1 aliphatic heterocycles. The van der Waals surface area contributed by atoms with Crippen molar-refractivity contribution in [2.75, 3.05) is 13.1 Å². The number of halogens is 1. The van der Waals surface area contributed by atoms with Gasteiger partial charge < -0.3 is 10.0 Å². The molecule has 0 unspecified atom stereocenters. The van der Waals surface area contributed by atoms with Gasteiger partial charge in [-0.15, -0.1) is 11.3 Å². The highest BCUT2D eigenvalue weighted by Crippen LogP contribution is 2.29. The molecule has 0 aliphatic carbocycles. The second kappa shape index (κ2) is 3.76. The summed E-state index contributed by atoms with van der Waals surface area (Å²) in [6.07, 6.45) is 0. The summed E-state index contributed by atoms with van der Waals surface area (Å²) >= 11 is 1.35. The summed E-state index contributed by atoms with van der Waals surface area (Å²) in [7, 11) is 0. The lowest BCUT2D eigenvalue weighted by Gasteiger charge is -2.43. The first kappa shape index (κ1) is 11.6. The molecule has 1 fully saturated rings. The average Bonchev–Trinajstić information content (AvgIpc) is 2.67. The molecule has 0 radical (unpaired) electrons. The fourth-order valence-electron chi connectivity index (χ4n) is 2.20. The van der Waals surface area contributed by atoms with E-state index >= 15 is 0 Å². The summed E-state index contributed by atoms with van der Waals surface area (Å²) in [5.41, 5.74) is -0.765. The maximum atomic E-state index is 13.1. The number of nitrogens with zero attached hydrogens (tertiary/aromatic N) is 1. The number of hydrogen-bond acceptors (Lipinski definition) is 3. The van der Waals surface area contributed by atoms with Crippen LogP contribution in [0.2, 0.25) is 0 Å². The number of rotatable bonds is 1. The Morgan fingerprint density at radius 2 is 2.17 bits per heavy atom. The minimum Gasteiger partial charge on any atom is -0.386 e. The standard InChI is InChI=1S/C13H12FNO2S/c1-13(17)6-15(7-13)12(16)11-5-8-4-9(14)2-3-10(8)18-11/h2-5,17H,6-7H2,1H3. The van der Waals surface area contributed by atoms with Crippen LogP contribution in [0, 0.1) is 5.82 Å². The third kappa shape index (κ3) is 1.89. The third-order valence-electron chi connectivity index (χ3n) is 3.04. The van der Waals surface area contributed by atoms with Crippen molar-refractivity contribution in [3.63, 3.8) is 0 Å². The summed E-state index contributed by atoms with van der Waals surface area (Å²) in [4.78, 5) is 14.3. The van der Waals surface area contributed by atoms with E-state index in [-0.39, 0.29) is 11.7 Å². The zero-order valence-electron chi connectivity index (χ0n) is 9.81. The van der Waals surface area contributed by atoms with E-state index in [2.05, 4.69) is 0 Å². The maximum Gasteiger partial charge on any atom is 0.264 e. The van der Waals surface area contributed by atoms with Gasteiger partial charge in [0.15, 0.2) is 0 Å². The molecule has 1 saturated heterocycles. The summed E-state index contributed by atoms with van der Waals surface area (Å²) in [5.74, 6) is -0.394. The Hall–Kier alpha value is -1.46. The zero-order valence-corrected chi connectivity index (χ0v) is 10.6. The van der Waals surface area contributed by atoms with Gasteiger partial charge in [-0.1, -0.05) is 0 Å². The Morgan fingerprint density at radius 1 is 1.44 bits per heavy atom. The molecule has 2 heterocycles. The molecular weight excluding hydrogens is 253 g/mol. The molecule has 5 heteroatoms. The number of benzene rings is 1. The normalized spacial score (nSPS) is 17.8. The van der Waals surface area contributed by atoms with Gasteiger partial charge in [-0.2, -0.15) is 0 Å². The van der Waals surface area contributed by atoms with E-state index in [1.54, 1.807) is 24.0 Å². The van der Waals surface area contributed by atoms with Crippen LogP contribution >= 0.6 is 11.3 Å². The highest BCUT2D eigenvalue weighted by molar-refractivity contribution is 7.20. The van der Waals surface area contributed by atoms with E-state index in [0.29, 0.717) is 18.0 Å². The van der Waals surface area contributed by atoms with Gasteiger partial charge in [-0.25, -0.2) is 4.39 Å². The van der Waals surface area contributed by atoms with Crippen molar-refractivity contribution in [3.8, 4) is 0 Å². The first-order valence-electron chi connectivity index (χ1n) is 5.65. The fraction of sp³-hybridized carbons (Fsp3) is 0.308. The van der Waals surface area contributed by atoms with E-state index in [4.69, 9.17) is 0 Å². The Balaban J connectivity index is 1.88. The molecule has 0 spiro atoms. The number of carbonyl (C=O) groups excluding carboxylic acids is 1. The Kier molecular flexibility index (Phi) is 2.43. The lowest BCUT2D eigenvalue weighted by atomic mass is 9.97. The molecule has 2 aromatic rings. The van der Waals surface area contributed by atoms with Crippen molar-refractivity contribution >= 4 is 27.3 Å². The molecule has 0 atom stereocenters. The van der Waals surface area contributed by atoms with Crippen LogP contribution in [-0.2, 0) is 0 Å². The average molecular weight is 265 g/mol. The van der Waals surface area contributed by atoms with Crippen LogP contribution in [-0.4, -0.2) is 34.6 Å². The van der Waals surface area contributed by atoms with E-state index < -0.39 is 5.60 Å². The number of carbonyl (C=O) groups is 1. The smallest absolute Gasteiger partial charge is 0.264 e. The van der Waals surface area contributed by atoms with Crippen LogP contribution < -0.4 is 0 Å². The number of fused-ring (bicyclic) bond motifs is 1. The minimum atomic E-state index is -0.765. The molecular formula is C13H12FNO2S. The topological polar surface area (TPSA) is 40.5 Å². The molecule has 1 N–H and O–H groups in total. The van der Waals surface area contributed by atoms with E-state index in [9.17, 15) is 14.3 Å². The van der Waals surface area contributed by atoms with E-state index in [1.807, 2.05) is 0 Å². The SMILES string of the molecule is CC1(O)CN(C(=O)c2cc3cc(F)ccc3s2)C1. The highest BCUT2D eigenvalue weighted by Gasteiger charge is 2.40. The molecule has 1 aromatic carbocycles. The predicted octanol–water partition coefficient (Wildman–Crippen LogP) is 2.25. The van der Waals surface area contributed by atoms with E-state index in [1.165, 1.54) is 23.5 Å². The van der Waals surface area contributed by atoms with Crippen LogP contribution in [0.1, 0.15) is 16.6 Å². The summed E-state index contributed by atoms with van der Waals surface area (Å²) < 4.78 is 14.0. The lowest BCUT2D eigenvalue weighted by molar-refractivity contribution is -0.0666. The van der Waals surface area contributed by atoms with Gasteiger partial charge in [0, 0.05) is 4.70 Å². The molecule has 1 amide bonds. The second-order valence-corrected chi connectivity index (χ2v) is 6.03. The van der Waals surface area contributed by atoms with Gasteiger partial charge >= 0.3 is 0 Å². The van der Waals surface area contributed by atoms with Crippen LogP contribution in [0.5, 0.6) is 0 Å². The van der Waals surface area contributed by atoms with Crippen LogP contribution in [0.4, 0.5) is 4.39 Å². The number of thiophene rings is 1. The van der Waals surface area contributed by atoms with E-state index in [0.717, 1.165) is 10.1 Å². The molecule has 1 aromatic heterocycles. The van der Waals surface area contributed by atoms with Crippen LogP contribution in [0.25, 0.3) is 10.1 Å². The van der Waals surface area contributed by atoms with Crippen LogP contribution in [0.3, 0.4) is 0 Å². The Labute approximate surface area is 107 Å². The summed E-state index contributed by atoms with van der Waals surface area (Å²) in [6, 6.07) is 6.20. The molecule has 0 bridgehead atoms. The van der Waals surface area contributed by atoms with Gasteiger partial charge in [0.2, 0.25) is 0 Å². The molecule has 94 valence electrons. The van der Waals surface area contributed by atoms with Gasteiger partial charge in [-0.3, -0.25) is 4.79 Å². The van der Waals surface area contributed by atoms with Gasteiger partial charge in [-0.05, 0) is 36.6 Å². The summed E-state index contributed by atoms with van der Waals surface area (Å²) in [5, 5.41) is 10.4. The number of amides is 1. The van der Waals surface area contributed by atoms with Gasteiger partial charge in [0.25, 0.3) is 5.91 Å². The Bertz CT molecular complexity index is 627. The molecule has 3 rings (SSSR count). The predicted molar refractivity (Wildman–Crippen MR) is 68.3 cm³/mol. The van der Waals surface area contributed by atoms with Crippen molar-refractivity contribution in [1.29, 1.82) is 0 Å². The number of β-amino-alcohol motifs (C(OH)–C–C–N with tert-alkyl or cyclic N) is 1. The van der Waals surface area contributed by atoms with Crippen LogP contribution in [0.15, 0.2) is 24.3 Å². The van der Waals surface area contributed by atoms with Crippen molar-refractivity contribution in [1.82, 2.24) is 4.90 Å². The number of likely N-dealkylation sites (tertiary alicyclic amines) is 1. The molecule has 1 aliphatic rings. The molecule has 18 heavy (non-hydrogen) atoms. The third-order valence-corrected chi connectivity index (χ3v) is 4.14. The quantitative estimate of drug-likeness (QED) is 0.859. The summed E-state index contributed by atoms with van der Waals surface area (Å²) in [6.45, 7) is 2.42. The largest absolute Gasteiger partial charge is 0.386 e. The monoisotopic (exact) mass is 265 g/mol. The Morgan fingerprint density at radius 3 is 2.83 bits per heavy atom. The van der Waals surface area contributed by atoms with Crippen molar-refractivity contribution in [2.45, 2.75) is 12.5 Å². The maximum absolute atomic E-state index is 13.1. The first-order valence-corrected chi connectivity index (χ1v) is 6.47. The second-order valence-electron chi connectivity index (χ2n) is 4.95. The number of hydrogen-bond donors (Lipinski definition) is 1. The van der Waals surface area contributed by atoms with Crippen molar-refractivity contribution < 1.29 is 14.3 Å². The molecule has 3 nitrogen and oxygen atoms in total.